The monoisotopic (exact) mass is 294 g/mol. The Morgan fingerprint density at radius 3 is 2.53 bits per heavy atom. The normalized spacial score (nSPS) is 34.3. The zero-order valence-corrected chi connectivity index (χ0v) is 12.2. The molecule has 1 aliphatic rings. The molecule has 0 spiro atoms. The van der Waals surface area contributed by atoms with Gasteiger partial charge in [-0.1, -0.05) is 6.92 Å². The van der Waals surface area contributed by atoms with Crippen molar-refractivity contribution in [3.05, 3.63) is 0 Å². The van der Waals surface area contributed by atoms with Gasteiger partial charge in [-0.2, -0.15) is 0 Å². The van der Waals surface area contributed by atoms with E-state index in [1.54, 1.807) is 7.11 Å². The molecule has 0 aromatic carbocycles. The molecular weight excluding hydrogens is 274 g/mol. The molecule has 110 valence electrons. The highest BCUT2D eigenvalue weighted by Gasteiger charge is 2.46. The molecule has 0 aromatic heterocycles. The topological polar surface area (TPSA) is 83.5 Å². The summed E-state index contributed by atoms with van der Waals surface area (Å²) in [4.78, 5) is 9.41. The van der Waals surface area contributed by atoms with Crippen molar-refractivity contribution in [2.24, 2.45) is 0 Å². The molecule has 0 amide bonds. The average molecular weight is 294 g/mol. The fourth-order valence-corrected chi connectivity index (χ4v) is 2.52. The SMILES string of the molecule is [B][C@@H]1O[C@H](CC)C(OP(=O)(O)OC)[C@@H]1OCCOC. The number of methoxy groups -OCH3 is 1. The van der Waals surface area contributed by atoms with E-state index in [0.717, 1.165) is 7.11 Å². The molecule has 1 saturated heterocycles. The smallest absolute Gasteiger partial charge is 0.382 e. The zero-order chi connectivity index (χ0) is 14.5. The van der Waals surface area contributed by atoms with Crippen LogP contribution in [0.4, 0.5) is 0 Å². The van der Waals surface area contributed by atoms with Crippen molar-refractivity contribution < 1.29 is 32.7 Å². The lowest BCUT2D eigenvalue weighted by Crippen LogP contribution is -2.37. The van der Waals surface area contributed by atoms with Crippen LogP contribution < -0.4 is 0 Å². The first kappa shape index (κ1) is 17.1. The van der Waals surface area contributed by atoms with Crippen molar-refractivity contribution in [2.45, 2.75) is 37.7 Å². The van der Waals surface area contributed by atoms with Crippen molar-refractivity contribution in [3.63, 3.8) is 0 Å². The summed E-state index contributed by atoms with van der Waals surface area (Å²) in [6.07, 6.45) is -1.24. The first-order valence-electron chi connectivity index (χ1n) is 6.03. The third kappa shape index (κ3) is 4.83. The molecule has 0 aliphatic carbocycles. The number of ether oxygens (including phenoxy) is 3. The number of phosphoric ester groups is 1. The summed E-state index contributed by atoms with van der Waals surface area (Å²) in [7, 11) is 4.32. The Balaban J connectivity index is 2.70. The lowest BCUT2D eigenvalue weighted by molar-refractivity contribution is -0.0383. The van der Waals surface area contributed by atoms with Gasteiger partial charge in [-0.05, 0) is 6.42 Å². The van der Waals surface area contributed by atoms with E-state index in [0.29, 0.717) is 13.0 Å². The number of hydrogen-bond acceptors (Lipinski definition) is 6. The van der Waals surface area contributed by atoms with Gasteiger partial charge >= 0.3 is 7.82 Å². The van der Waals surface area contributed by atoms with Crippen molar-refractivity contribution in [1.82, 2.24) is 0 Å². The number of hydrogen-bond donors (Lipinski definition) is 1. The van der Waals surface area contributed by atoms with Crippen LogP contribution in [-0.2, 0) is 27.8 Å². The second-order valence-electron chi connectivity index (χ2n) is 4.10. The highest BCUT2D eigenvalue weighted by atomic mass is 31.2. The molecule has 1 fully saturated rings. The van der Waals surface area contributed by atoms with Crippen LogP contribution in [0.25, 0.3) is 0 Å². The van der Waals surface area contributed by atoms with Crippen LogP contribution in [0.3, 0.4) is 0 Å². The Hall–Kier alpha value is 0.0549. The quantitative estimate of drug-likeness (QED) is 0.395. The van der Waals surface area contributed by atoms with Crippen LogP contribution in [-0.4, -0.2) is 64.5 Å². The molecular formula is C10H20BO7P. The van der Waals surface area contributed by atoms with E-state index < -0.39 is 32.1 Å². The molecule has 7 nitrogen and oxygen atoms in total. The molecule has 1 rings (SSSR count). The summed E-state index contributed by atoms with van der Waals surface area (Å²) in [6, 6.07) is -0.719. The predicted octanol–water partition coefficient (Wildman–Crippen LogP) is 0.453. The largest absolute Gasteiger partial charge is 0.472 e. The fourth-order valence-electron chi connectivity index (χ4n) is 1.87. The van der Waals surface area contributed by atoms with E-state index in [9.17, 15) is 9.46 Å². The first-order chi connectivity index (χ1) is 8.95. The Bertz CT molecular complexity index is 316. The van der Waals surface area contributed by atoms with Gasteiger partial charge in [0.05, 0.1) is 19.3 Å². The zero-order valence-electron chi connectivity index (χ0n) is 11.4. The molecule has 2 unspecified atom stereocenters. The molecule has 2 radical (unpaired) electrons. The third-order valence-corrected chi connectivity index (χ3v) is 3.80. The molecule has 0 bridgehead atoms. The minimum absolute atomic E-state index is 0.289. The molecule has 19 heavy (non-hydrogen) atoms. The van der Waals surface area contributed by atoms with Crippen molar-refractivity contribution in [3.8, 4) is 0 Å². The van der Waals surface area contributed by atoms with Gasteiger partial charge in [-0.15, -0.1) is 0 Å². The van der Waals surface area contributed by atoms with E-state index >= 15 is 0 Å². The summed E-state index contributed by atoms with van der Waals surface area (Å²) >= 11 is 0. The minimum Gasteiger partial charge on any atom is -0.382 e. The van der Waals surface area contributed by atoms with Gasteiger partial charge < -0.3 is 19.1 Å². The molecule has 9 heteroatoms. The molecule has 0 aromatic rings. The molecule has 5 atom stereocenters. The van der Waals surface area contributed by atoms with Crippen molar-refractivity contribution >= 4 is 15.7 Å². The molecule has 1 heterocycles. The second kappa shape index (κ2) is 7.74. The molecule has 1 N–H and O–H groups in total. The van der Waals surface area contributed by atoms with Crippen LogP contribution in [0, 0.1) is 0 Å². The van der Waals surface area contributed by atoms with E-state index in [-0.39, 0.29) is 6.61 Å². The second-order valence-corrected chi connectivity index (χ2v) is 5.61. The Morgan fingerprint density at radius 2 is 2.00 bits per heavy atom. The van der Waals surface area contributed by atoms with Gasteiger partial charge in [0.2, 0.25) is 0 Å². The van der Waals surface area contributed by atoms with E-state index in [4.69, 9.17) is 26.6 Å². The highest BCUT2D eigenvalue weighted by molar-refractivity contribution is 7.47. The average Bonchev–Trinajstić information content (AvgIpc) is 2.66. The van der Waals surface area contributed by atoms with Gasteiger partial charge in [0.25, 0.3) is 0 Å². The standard InChI is InChI=1S/C10H20BO7P/c1-4-7-8(18-19(12,13)15-3)9(10(11)17-7)16-6-5-14-2/h7-10H,4-6H2,1-3H3,(H,12,13)/t7-,8?,9+,10-/m1/s1. The molecule has 1 aliphatic heterocycles. The maximum atomic E-state index is 11.5. The summed E-state index contributed by atoms with van der Waals surface area (Å²) in [5.74, 6) is 0. The van der Waals surface area contributed by atoms with Crippen molar-refractivity contribution in [2.75, 3.05) is 27.4 Å². The lowest BCUT2D eigenvalue weighted by atomic mass is 9.92. The summed E-state index contributed by atoms with van der Waals surface area (Å²) in [6.45, 7) is 2.53. The lowest BCUT2D eigenvalue weighted by Gasteiger charge is -2.25. The fraction of sp³-hybridized carbons (Fsp3) is 1.00. The number of phosphoric acid groups is 1. The van der Waals surface area contributed by atoms with Crippen LogP contribution >= 0.6 is 7.82 Å². The minimum atomic E-state index is -4.12. The predicted molar refractivity (Wildman–Crippen MR) is 68.0 cm³/mol. The van der Waals surface area contributed by atoms with Crippen LogP contribution in [0.5, 0.6) is 0 Å². The van der Waals surface area contributed by atoms with Gasteiger partial charge in [0.1, 0.15) is 20.1 Å². The Morgan fingerprint density at radius 1 is 1.32 bits per heavy atom. The van der Waals surface area contributed by atoms with Crippen LogP contribution in [0.1, 0.15) is 13.3 Å². The number of rotatable bonds is 8. The highest BCUT2D eigenvalue weighted by Crippen LogP contribution is 2.46. The third-order valence-electron chi connectivity index (χ3n) is 2.83. The summed E-state index contributed by atoms with van der Waals surface area (Å²) < 4.78 is 36.8. The maximum absolute atomic E-state index is 11.5. The Kier molecular flexibility index (Phi) is 6.97. The van der Waals surface area contributed by atoms with Gasteiger partial charge in [0, 0.05) is 20.2 Å². The van der Waals surface area contributed by atoms with Crippen LogP contribution in [0.2, 0.25) is 0 Å². The maximum Gasteiger partial charge on any atom is 0.472 e. The first-order valence-corrected chi connectivity index (χ1v) is 7.53. The van der Waals surface area contributed by atoms with Gasteiger partial charge in [-0.3, -0.25) is 9.05 Å². The summed E-state index contributed by atoms with van der Waals surface area (Å²) in [5.41, 5.74) is 0. The molecule has 0 saturated carbocycles. The van der Waals surface area contributed by atoms with E-state index in [1.165, 1.54) is 0 Å². The van der Waals surface area contributed by atoms with E-state index in [1.807, 2.05) is 6.92 Å². The van der Waals surface area contributed by atoms with E-state index in [2.05, 4.69) is 4.52 Å². The van der Waals surface area contributed by atoms with Crippen LogP contribution in [0.15, 0.2) is 0 Å². The van der Waals surface area contributed by atoms with Gasteiger partial charge in [0.15, 0.2) is 0 Å². The Labute approximate surface area is 114 Å². The van der Waals surface area contributed by atoms with Gasteiger partial charge in [-0.25, -0.2) is 4.57 Å². The van der Waals surface area contributed by atoms with Crippen molar-refractivity contribution in [1.29, 1.82) is 0 Å². The summed E-state index contributed by atoms with van der Waals surface area (Å²) in [5, 5.41) is 0.